The van der Waals surface area contributed by atoms with Crippen molar-refractivity contribution < 1.29 is 148 Å². The lowest BCUT2D eigenvalue weighted by atomic mass is 9.91. The zero-order valence-electron chi connectivity index (χ0n) is 44.2. The maximum Gasteiger partial charge on any atom is 0.252 e. The highest BCUT2D eigenvalue weighted by atomic mass is 16.8. The maximum atomic E-state index is 14.4. The molecule has 0 aliphatic carbocycles. The van der Waals surface area contributed by atoms with E-state index in [0.29, 0.717) is 5.39 Å². The van der Waals surface area contributed by atoms with E-state index in [9.17, 15) is 91.6 Å². The molecule has 30 atom stereocenters. The second-order valence-electron chi connectivity index (χ2n) is 21.8. The predicted octanol–water partition coefficient (Wildman–Crippen LogP) is -8.72. The van der Waals surface area contributed by atoms with E-state index in [1.54, 1.807) is 18.2 Å². The number of aliphatic hydroxyl groups excluding tert-OH is 17. The molecule has 0 spiro atoms. The summed E-state index contributed by atoms with van der Waals surface area (Å²) >= 11 is 0. The molecule has 466 valence electrons. The van der Waals surface area contributed by atoms with Crippen molar-refractivity contribution in [1.82, 2.24) is 5.32 Å². The van der Waals surface area contributed by atoms with E-state index in [-0.39, 0.29) is 5.56 Å². The van der Waals surface area contributed by atoms with E-state index < -0.39 is 230 Å². The zero-order chi connectivity index (χ0) is 59.7. The number of benzene rings is 4. The summed E-state index contributed by atoms with van der Waals surface area (Å²) in [6.45, 7) is -5.72. The number of carbonyl (C=O) groups is 1. The lowest BCUT2D eigenvalue weighted by Crippen LogP contribution is -2.69. The van der Waals surface area contributed by atoms with Crippen LogP contribution < -0.4 is 5.32 Å². The van der Waals surface area contributed by atoms with E-state index in [2.05, 4.69) is 5.32 Å². The van der Waals surface area contributed by atoms with Gasteiger partial charge in [-0.1, -0.05) is 48.5 Å². The highest BCUT2D eigenvalue weighted by Crippen LogP contribution is 2.40. The van der Waals surface area contributed by atoms with Crippen molar-refractivity contribution in [3.8, 4) is 0 Å². The third-order valence-electron chi connectivity index (χ3n) is 16.7. The van der Waals surface area contributed by atoms with Crippen LogP contribution in [-0.4, -0.2) is 317 Å². The third-order valence-corrected chi connectivity index (χ3v) is 16.7. The minimum Gasteiger partial charge on any atom is -0.394 e. The molecule has 22 aliphatic rings. The van der Waals surface area contributed by atoms with Crippen molar-refractivity contribution in [3.05, 3.63) is 60.2 Å². The van der Waals surface area contributed by atoms with E-state index >= 15 is 0 Å². The lowest BCUT2D eigenvalue weighted by Gasteiger charge is -2.50. The smallest absolute Gasteiger partial charge is 0.252 e. The van der Waals surface area contributed by atoms with Crippen molar-refractivity contribution in [2.24, 2.45) is 0 Å². The van der Waals surface area contributed by atoms with Gasteiger partial charge in [0.25, 0.3) is 5.91 Å². The van der Waals surface area contributed by atoms with Gasteiger partial charge >= 0.3 is 0 Å². The first-order valence-corrected chi connectivity index (χ1v) is 27.3. The van der Waals surface area contributed by atoms with Gasteiger partial charge in [-0.2, -0.15) is 0 Å². The lowest BCUT2D eigenvalue weighted by molar-refractivity contribution is -0.403. The quantitative estimate of drug-likeness (QED) is 0.0729. The van der Waals surface area contributed by atoms with Crippen LogP contribution in [0.2, 0.25) is 0 Å². The number of nitrogens with one attached hydrogen (secondary N) is 1. The molecule has 22 fully saturated rings. The number of hydrogen-bond donors (Lipinski definition) is 18. The number of amides is 1. The van der Waals surface area contributed by atoms with Crippen molar-refractivity contribution in [3.63, 3.8) is 0 Å². The molecule has 31 heteroatoms. The Kier molecular flexibility index (Phi) is 18.7. The molecule has 0 radical (unpaired) electrons. The summed E-state index contributed by atoms with van der Waals surface area (Å²) in [5.74, 6) is -0.676. The van der Waals surface area contributed by atoms with E-state index in [0.717, 1.165) is 26.9 Å². The molecule has 4 aromatic carbocycles. The fourth-order valence-electron chi connectivity index (χ4n) is 12.2. The van der Waals surface area contributed by atoms with Gasteiger partial charge in [-0.3, -0.25) is 4.79 Å². The van der Waals surface area contributed by atoms with Crippen molar-refractivity contribution in [2.45, 2.75) is 184 Å². The maximum absolute atomic E-state index is 14.4. The van der Waals surface area contributed by atoms with Gasteiger partial charge in [0.1, 0.15) is 146 Å². The number of aliphatic hydroxyl groups is 17. The van der Waals surface area contributed by atoms with Crippen LogP contribution in [0.15, 0.2) is 54.6 Å². The summed E-state index contributed by atoms with van der Waals surface area (Å²) < 4.78 is 70.2. The fraction of sp³-hybridized carbons (Fsp3) is 0.679. The van der Waals surface area contributed by atoms with Crippen LogP contribution in [0.25, 0.3) is 32.3 Å². The molecule has 0 unspecified atom stereocenters. The Morgan fingerprint density at radius 3 is 0.893 bits per heavy atom. The molecule has 0 aromatic heterocycles. The summed E-state index contributed by atoms with van der Waals surface area (Å²) in [6, 6.07) is 16.6. The Bertz CT molecular complexity index is 2830. The predicted molar refractivity (Wildman–Crippen MR) is 271 cm³/mol. The average Bonchev–Trinajstić information content (AvgIpc) is 1.56. The second kappa shape index (κ2) is 25.4. The first kappa shape index (κ1) is 61.9. The monoisotopic (exact) mass is 1200 g/mol. The zero-order valence-corrected chi connectivity index (χ0v) is 44.2. The van der Waals surface area contributed by atoms with Crippen LogP contribution in [0.4, 0.5) is 0 Å². The Morgan fingerprint density at radius 2 is 0.583 bits per heavy atom. The number of ether oxygens (including phenoxy) is 12. The Labute approximate surface area is 474 Å². The normalized spacial score (nSPS) is 46.2. The SMILES string of the molecule is O=C(NC[C@H]1O[C@@H]2O[C@H]3[C@H](O)[C@@H](O)[C@@H](O[C@H]4[C@H](O)[C@@H](O)[C@@H](O[C@H]5[C@H](O)[C@@H](O)[C@@H](O[C@H]6[C@H](O)[C@@H](O)[C@@H](O[C@H]7[C@H](O)[C@@H](O)[C@@H](O[C@H]1[C@H](O)[C@H]2O)O[C@@H]7CO)O[C@@H]6CO)O[C@@H]5CO)O[C@@H]4CO)O[C@@H]3CO)c1ccc2ccc3cccc4ccc1c2c34. The first-order chi connectivity index (χ1) is 40.3. The summed E-state index contributed by atoms with van der Waals surface area (Å²) in [7, 11) is 0. The summed E-state index contributed by atoms with van der Waals surface area (Å²) in [6.07, 6.45) is -59.7. The molecule has 22 aliphatic heterocycles. The van der Waals surface area contributed by atoms with E-state index in [1.165, 1.54) is 0 Å². The Morgan fingerprint density at radius 1 is 0.321 bits per heavy atom. The molecule has 22 saturated heterocycles. The third kappa shape index (κ3) is 11.2. The fourth-order valence-corrected chi connectivity index (χ4v) is 12.2. The largest absolute Gasteiger partial charge is 0.394 e. The van der Waals surface area contributed by atoms with Crippen molar-refractivity contribution in [1.29, 1.82) is 0 Å². The van der Waals surface area contributed by atoms with Crippen LogP contribution in [0, 0.1) is 0 Å². The van der Waals surface area contributed by atoms with Crippen molar-refractivity contribution >= 4 is 38.2 Å². The van der Waals surface area contributed by atoms with E-state index in [4.69, 9.17) is 56.8 Å². The highest BCUT2D eigenvalue weighted by Gasteiger charge is 2.59. The van der Waals surface area contributed by atoms with Crippen LogP contribution in [-0.2, 0) is 56.8 Å². The van der Waals surface area contributed by atoms with Gasteiger partial charge in [0.05, 0.1) is 33.0 Å². The average molecular weight is 1200 g/mol. The van der Waals surface area contributed by atoms with Crippen LogP contribution in [0.5, 0.6) is 0 Å². The van der Waals surface area contributed by atoms with Gasteiger partial charge in [0.15, 0.2) is 37.7 Å². The van der Waals surface area contributed by atoms with Gasteiger partial charge in [0, 0.05) is 12.1 Å². The van der Waals surface area contributed by atoms with Crippen LogP contribution in [0.3, 0.4) is 0 Å². The van der Waals surface area contributed by atoms with Gasteiger partial charge in [-0.05, 0) is 38.4 Å². The topological polar surface area (TPSA) is 484 Å². The standard InChI is InChI=1S/C53H69NO30/c55-11-22-42-31(62)37(68)50(75-22)82-44-24(13-57)77-52(39(70)33(44)64)84-46-26(15-59)78-53(40(71)34(46)65)83-45-25(14-58)76-51(38(69)32(45)63)81-43-23(12-56)74-49(36(67)30(43)61)79-41-21(73-48(80-42)35(66)29(41)60)10-54-47(72)20-9-7-18-5-4-16-2-1-3-17-6-8-19(20)28(18)27(16)17/h1-9,21-26,29-46,48-53,55-71H,10-15H2,(H,54,72)/t21-,22-,23-,24-,25-,26-,29-,30-,31-,32-,33-,34-,35-,36-,37-,38-,39-,40-,41-,42-,43-,44-,45-,46-,48-,49-,50-,51-,52-,53-/m1/s1. The molecule has 31 nitrogen and oxygen atoms in total. The van der Waals surface area contributed by atoms with Gasteiger partial charge in [0.2, 0.25) is 0 Å². The molecule has 22 heterocycles. The number of rotatable bonds is 8. The molecule has 84 heavy (non-hydrogen) atoms. The van der Waals surface area contributed by atoms with Crippen molar-refractivity contribution in [2.75, 3.05) is 39.6 Å². The summed E-state index contributed by atoms with van der Waals surface area (Å²) in [5.41, 5.74) is 0.200. The minimum atomic E-state index is -2.22. The molecular formula is C53H69NO30. The molecular weight excluding hydrogens is 1130 g/mol. The number of hydrogen-bond acceptors (Lipinski definition) is 30. The summed E-state index contributed by atoms with van der Waals surface area (Å²) in [4.78, 5) is 14.4. The van der Waals surface area contributed by atoms with Gasteiger partial charge in [-0.25, -0.2) is 0 Å². The Hall–Kier alpha value is -3.77. The summed E-state index contributed by atoms with van der Waals surface area (Å²) in [5, 5.41) is 199. The number of carbonyl (C=O) groups excluding carboxylic acids is 1. The molecule has 1 amide bonds. The van der Waals surface area contributed by atoms with Crippen LogP contribution >= 0.6 is 0 Å². The van der Waals surface area contributed by atoms with Gasteiger partial charge < -0.3 is 149 Å². The molecule has 26 rings (SSSR count). The molecule has 0 saturated carbocycles. The van der Waals surface area contributed by atoms with E-state index in [1.807, 2.05) is 36.4 Å². The second-order valence-corrected chi connectivity index (χ2v) is 21.8. The first-order valence-electron chi connectivity index (χ1n) is 27.3. The van der Waals surface area contributed by atoms with Crippen LogP contribution in [0.1, 0.15) is 10.4 Å². The molecule has 18 N–H and O–H groups in total. The highest BCUT2D eigenvalue weighted by molar-refractivity contribution is 6.26. The van der Waals surface area contributed by atoms with Gasteiger partial charge in [-0.15, -0.1) is 0 Å². The molecule has 12 bridgehead atoms. The minimum absolute atomic E-state index is 0.200. The molecule has 4 aromatic rings. The Balaban J connectivity index is 0.908.